The van der Waals surface area contributed by atoms with Crippen molar-refractivity contribution >= 4 is 23.7 Å². The van der Waals surface area contributed by atoms with Gasteiger partial charge in [0.25, 0.3) is 0 Å². The van der Waals surface area contributed by atoms with Crippen LogP contribution in [-0.4, -0.2) is 56.9 Å². The van der Waals surface area contributed by atoms with Gasteiger partial charge in [-0.25, -0.2) is 19.9 Å². The molecule has 0 unspecified atom stereocenters. The average molecular weight is 325 g/mol. The Balaban J connectivity index is 1.88. The highest BCUT2D eigenvalue weighted by atomic mass is 16.5. The summed E-state index contributed by atoms with van der Waals surface area (Å²) in [5, 5.41) is 0. The van der Waals surface area contributed by atoms with Crippen LogP contribution in [0.4, 0.5) is 11.8 Å². The Bertz CT molecular complexity index is 885. The third kappa shape index (κ3) is 2.54. The van der Waals surface area contributed by atoms with E-state index in [9.17, 15) is 4.79 Å². The number of nitrogen functional groups attached to an aromatic ring is 1. The molecule has 9 heteroatoms. The van der Waals surface area contributed by atoms with E-state index in [0.29, 0.717) is 49.2 Å². The first-order valence-electron chi connectivity index (χ1n) is 7.50. The predicted octanol–water partition coefficient (Wildman–Crippen LogP) is 0.418. The molecule has 4 heterocycles. The highest BCUT2D eigenvalue weighted by Crippen LogP contribution is 2.25. The van der Waals surface area contributed by atoms with E-state index in [1.54, 1.807) is 29.2 Å². The fourth-order valence-corrected chi connectivity index (χ4v) is 2.65. The number of hydrogen-bond acceptors (Lipinski definition) is 8. The van der Waals surface area contributed by atoms with Crippen LogP contribution in [0, 0.1) is 0 Å². The molecule has 0 spiro atoms. The van der Waals surface area contributed by atoms with E-state index in [1.807, 2.05) is 0 Å². The van der Waals surface area contributed by atoms with Crippen molar-refractivity contribution in [2.75, 3.05) is 36.9 Å². The maximum atomic E-state index is 11.1. The fraction of sp³-hybridized carbons (Fsp3) is 0.267. The number of aldehydes is 1. The number of morpholine rings is 1. The Morgan fingerprint density at radius 1 is 1.12 bits per heavy atom. The number of ether oxygens (including phenoxy) is 1. The SMILES string of the molecule is Nc1ncc(-c2cn3cc(C=O)nc3c(N3CCOCC3)n2)cn1. The Hall–Kier alpha value is -3.07. The summed E-state index contributed by atoms with van der Waals surface area (Å²) in [5.74, 6) is 0.917. The van der Waals surface area contributed by atoms with Crippen LogP contribution in [0.3, 0.4) is 0 Å². The molecule has 0 atom stereocenters. The molecule has 0 bridgehead atoms. The van der Waals surface area contributed by atoms with Gasteiger partial charge in [0.2, 0.25) is 5.95 Å². The summed E-state index contributed by atoms with van der Waals surface area (Å²) in [6, 6.07) is 0. The summed E-state index contributed by atoms with van der Waals surface area (Å²) in [5.41, 5.74) is 7.96. The molecule has 3 aromatic heterocycles. The highest BCUT2D eigenvalue weighted by Gasteiger charge is 2.19. The van der Waals surface area contributed by atoms with Gasteiger partial charge in [-0.1, -0.05) is 0 Å². The molecular weight excluding hydrogens is 310 g/mol. The summed E-state index contributed by atoms with van der Waals surface area (Å²) >= 11 is 0. The monoisotopic (exact) mass is 325 g/mol. The normalized spacial score (nSPS) is 14.9. The molecule has 4 rings (SSSR count). The van der Waals surface area contributed by atoms with E-state index in [4.69, 9.17) is 15.5 Å². The van der Waals surface area contributed by atoms with Crippen LogP contribution >= 0.6 is 0 Å². The van der Waals surface area contributed by atoms with Gasteiger partial charge in [0, 0.05) is 43.4 Å². The van der Waals surface area contributed by atoms with Crippen LogP contribution < -0.4 is 10.6 Å². The zero-order valence-corrected chi connectivity index (χ0v) is 12.8. The van der Waals surface area contributed by atoms with Gasteiger partial charge in [-0.2, -0.15) is 0 Å². The lowest BCUT2D eigenvalue weighted by Gasteiger charge is -2.28. The zero-order chi connectivity index (χ0) is 16.5. The molecule has 0 radical (unpaired) electrons. The topological polar surface area (TPSA) is 112 Å². The van der Waals surface area contributed by atoms with Crippen LogP contribution in [-0.2, 0) is 4.74 Å². The zero-order valence-electron chi connectivity index (χ0n) is 12.8. The van der Waals surface area contributed by atoms with Crippen LogP contribution in [0.2, 0.25) is 0 Å². The van der Waals surface area contributed by atoms with Crippen molar-refractivity contribution in [3.05, 3.63) is 30.5 Å². The molecule has 1 aliphatic rings. The van der Waals surface area contributed by atoms with Gasteiger partial charge < -0.3 is 19.8 Å². The molecule has 0 saturated carbocycles. The maximum Gasteiger partial charge on any atom is 0.219 e. The van der Waals surface area contributed by atoms with Crippen molar-refractivity contribution in [3.63, 3.8) is 0 Å². The molecule has 1 aliphatic heterocycles. The van der Waals surface area contributed by atoms with E-state index >= 15 is 0 Å². The van der Waals surface area contributed by atoms with Crippen LogP contribution in [0.5, 0.6) is 0 Å². The first kappa shape index (κ1) is 14.5. The van der Waals surface area contributed by atoms with Gasteiger partial charge in [-0.05, 0) is 0 Å². The van der Waals surface area contributed by atoms with Gasteiger partial charge in [-0.15, -0.1) is 0 Å². The Kier molecular flexibility index (Phi) is 3.54. The van der Waals surface area contributed by atoms with Crippen molar-refractivity contribution in [2.24, 2.45) is 0 Å². The lowest BCUT2D eigenvalue weighted by molar-refractivity contribution is 0.111. The van der Waals surface area contributed by atoms with Gasteiger partial charge >= 0.3 is 0 Å². The minimum absolute atomic E-state index is 0.208. The van der Waals surface area contributed by atoms with Crippen molar-refractivity contribution in [2.45, 2.75) is 0 Å². The molecule has 3 aromatic rings. The molecule has 9 nitrogen and oxygen atoms in total. The largest absolute Gasteiger partial charge is 0.378 e. The van der Waals surface area contributed by atoms with Crippen molar-refractivity contribution < 1.29 is 9.53 Å². The second-order valence-corrected chi connectivity index (χ2v) is 5.39. The molecule has 1 fully saturated rings. The molecule has 122 valence electrons. The summed E-state index contributed by atoms with van der Waals surface area (Å²) in [4.78, 5) is 30.3. The van der Waals surface area contributed by atoms with Gasteiger partial charge in [0.05, 0.1) is 18.9 Å². The number of nitrogens with zero attached hydrogens (tertiary/aromatic N) is 6. The van der Waals surface area contributed by atoms with E-state index < -0.39 is 0 Å². The van der Waals surface area contributed by atoms with E-state index in [-0.39, 0.29) is 5.95 Å². The van der Waals surface area contributed by atoms with Crippen LogP contribution in [0.1, 0.15) is 10.5 Å². The number of anilines is 2. The number of nitrogens with two attached hydrogens (primary N) is 1. The molecule has 0 amide bonds. The van der Waals surface area contributed by atoms with E-state index in [1.165, 1.54) is 0 Å². The maximum absolute atomic E-state index is 11.1. The standard InChI is InChI=1S/C15H15N7O2/c16-15-17-5-10(6-18-15)12-8-22-7-11(9-23)19-13(22)14(20-12)21-1-3-24-4-2-21/h5-9H,1-4H2,(H2,16,17,18). The van der Waals surface area contributed by atoms with Gasteiger partial charge in [0.1, 0.15) is 5.69 Å². The van der Waals surface area contributed by atoms with E-state index in [2.05, 4.69) is 19.9 Å². The molecular formula is C15H15N7O2. The lowest BCUT2D eigenvalue weighted by atomic mass is 10.2. The molecule has 0 aliphatic carbocycles. The first-order valence-corrected chi connectivity index (χ1v) is 7.50. The molecule has 24 heavy (non-hydrogen) atoms. The average Bonchev–Trinajstić information content (AvgIpc) is 3.05. The molecule has 2 N–H and O–H groups in total. The second-order valence-electron chi connectivity index (χ2n) is 5.39. The van der Waals surface area contributed by atoms with Crippen molar-refractivity contribution in [1.29, 1.82) is 0 Å². The Morgan fingerprint density at radius 3 is 2.58 bits per heavy atom. The van der Waals surface area contributed by atoms with Crippen LogP contribution in [0.15, 0.2) is 24.8 Å². The minimum Gasteiger partial charge on any atom is -0.378 e. The van der Waals surface area contributed by atoms with E-state index in [0.717, 1.165) is 11.8 Å². The molecule has 0 aromatic carbocycles. The number of fused-ring (bicyclic) bond motifs is 1. The van der Waals surface area contributed by atoms with Crippen LogP contribution in [0.25, 0.3) is 16.9 Å². The Labute approximate surface area is 137 Å². The number of imidazole rings is 1. The minimum atomic E-state index is 0.208. The smallest absolute Gasteiger partial charge is 0.219 e. The van der Waals surface area contributed by atoms with Crippen molar-refractivity contribution in [1.82, 2.24) is 24.3 Å². The quantitative estimate of drug-likeness (QED) is 0.690. The predicted molar refractivity (Wildman–Crippen MR) is 86.8 cm³/mol. The number of carbonyl (C=O) groups excluding carboxylic acids is 1. The van der Waals surface area contributed by atoms with Crippen molar-refractivity contribution in [3.8, 4) is 11.3 Å². The second kappa shape index (κ2) is 5.85. The molecule has 1 saturated heterocycles. The third-order valence-corrected chi connectivity index (χ3v) is 3.84. The Morgan fingerprint density at radius 2 is 1.88 bits per heavy atom. The van der Waals surface area contributed by atoms with Gasteiger partial charge in [0.15, 0.2) is 17.8 Å². The fourth-order valence-electron chi connectivity index (χ4n) is 2.65. The summed E-state index contributed by atoms with van der Waals surface area (Å²) in [6.07, 6.45) is 7.44. The summed E-state index contributed by atoms with van der Waals surface area (Å²) in [6.45, 7) is 2.69. The highest BCUT2D eigenvalue weighted by molar-refractivity contribution is 5.77. The summed E-state index contributed by atoms with van der Waals surface area (Å²) < 4.78 is 7.20. The number of rotatable bonds is 3. The summed E-state index contributed by atoms with van der Waals surface area (Å²) in [7, 11) is 0. The number of carbonyl (C=O) groups is 1. The lowest BCUT2D eigenvalue weighted by Crippen LogP contribution is -2.37. The first-order chi connectivity index (χ1) is 11.7. The van der Waals surface area contributed by atoms with Gasteiger partial charge in [-0.3, -0.25) is 4.79 Å². The third-order valence-electron chi connectivity index (χ3n) is 3.84. The number of aromatic nitrogens is 5. The number of hydrogen-bond donors (Lipinski definition) is 1.